The molecule has 3 fully saturated rings. The molecule has 1 amide bonds. The first-order valence-corrected chi connectivity index (χ1v) is 20.4. The standard InChI is InChI=1S/C45H46FN7O5/c1-25-18-34(19-26(2)38(25)46)52-40(54)35-12-15-51(28(4)39(35)47-43(52)50-23-33(24-50)29-8-6-5-7-9-29)41(55)37-21-32-20-31(30-13-16-57-17-14-30)10-11-36(32)53(37)45(22-27(45)3)42-48-44(56)58-49-42/h5-11,18-21,27-28,30,33H,12-17,22-24H2,1-4H3,(H,48,49,56)/t27-,28-,45+/m1/s1. The van der Waals surface area contributed by atoms with E-state index in [0.717, 1.165) is 37.0 Å². The van der Waals surface area contributed by atoms with Gasteiger partial charge in [0.15, 0.2) is 5.82 Å². The van der Waals surface area contributed by atoms with Crippen molar-refractivity contribution in [2.45, 2.75) is 76.8 Å². The predicted molar refractivity (Wildman–Crippen MR) is 217 cm³/mol. The molecule has 3 atom stereocenters. The van der Waals surface area contributed by atoms with Crippen molar-refractivity contribution < 1.29 is 18.4 Å². The summed E-state index contributed by atoms with van der Waals surface area (Å²) in [5.41, 5.74) is 5.37. The molecule has 6 aromatic rings. The van der Waals surface area contributed by atoms with Crippen LogP contribution >= 0.6 is 0 Å². The van der Waals surface area contributed by atoms with E-state index in [4.69, 9.17) is 14.2 Å². The molecular weight excluding hydrogens is 738 g/mol. The molecular formula is C45H46FN7O5. The van der Waals surface area contributed by atoms with Gasteiger partial charge in [0, 0.05) is 55.2 Å². The molecule has 0 spiro atoms. The van der Waals surface area contributed by atoms with Crippen LogP contribution in [0.3, 0.4) is 0 Å². The monoisotopic (exact) mass is 783 g/mol. The van der Waals surface area contributed by atoms with Crippen LogP contribution in [0.4, 0.5) is 10.3 Å². The Morgan fingerprint density at radius 3 is 2.33 bits per heavy atom. The summed E-state index contributed by atoms with van der Waals surface area (Å²) in [4.78, 5) is 54.2. The third kappa shape index (κ3) is 5.68. The highest BCUT2D eigenvalue weighted by Gasteiger charge is 2.59. The Kier molecular flexibility index (Phi) is 8.59. The van der Waals surface area contributed by atoms with Gasteiger partial charge < -0.3 is 19.1 Å². The quantitative estimate of drug-likeness (QED) is 0.190. The molecule has 0 unspecified atom stereocenters. The number of amides is 1. The lowest BCUT2D eigenvalue weighted by Gasteiger charge is -2.42. The van der Waals surface area contributed by atoms with Crippen molar-refractivity contribution in [3.05, 3.63) is 138 Å². The normalized spacial score (nSPS) is 22.3. The number of halogens is 1. The van der Waals surface area contributed by atoms with Crippen LogP contribution in [-0.2, 0) is 16.7 Å². The SMILES string of the molecule is Cc1cc(-n2c(N3CC(c4ccccc4)C3)nc3c(c2=O)CCN(C(=O)c2cc4cc(C5CCOCC5)ccc4n2[C@@]2(c4noc(=O)[nH]4)C[C@H]2C)[C@@H]3C)cc(C)c1F. The highest BCUT2D eigenvalue weighted by atomic mass is 19.1. The fourth-order valence-electron chi connectivity index (χ4n) is 9.89. The van der Waals surface area contributed by atoms with Crippen molar-refractivity contribution >= 4 is 22.8 Å². The number of ether oxygens (including phenoxy) is 1. The molecule has 298 valence electrons. The second kappa shape index (κ2) is 13.6. The minimum Gasteiger partial charge on any atom is -0.381 e. The van der Waals surface area contributed by atoms with Gasteiger partial charge in [0.05, 0.1) is 17.4 Å². The largest absolute Gasteiger partial charge is 0.438 e. The molecule has 6 heterocycles. The number of benzene rings is 3. The summed E-state index contributed by atoms with van der Waals surface area (Å²) in [6.07, 6.45) is 2.83. The highest BCUT2D eigenvalue weighted by molar-refractivity contribution is 6.00. The van der Waals surface area contributed by atoms with E-state index in [1.54, 1.807) is 30.5 Å². The second-order valence-electron chi connectivity index (χ2n) is 16.8. The average Bonchev–Trinajstić information content (AvgIpc) is 3.48. The van der Waals surface area contributed by atoms with Crippen molar-refractivity contribution in [2.24, 2.45) is 5.92 Å². The topological polar surface area (TPSA) is 131 Å². The van der Waals surface area contributed by atoms with Crippen molar-refractivity contribution in [1.29, 1.82) is 0 Å². The number of fused-ring (bicyclic) bond motifs is 2. The number of aromatic amines is 1. The number of nitrogens with one attached hydrogen (secondary N) is 1. The Morgan fingerprint density at radius 2 is 1.66 bits per heavy atom. The molecule has 3 aliphatic heterocycles. The number of hydrogen-bond donors (Lipinski definition) is 1. The molecule has 13 heteroatoms. The maximum atomic E-state index is 15.2. The molecule has 1 aliphatic carbocycles. The number of anilines is 1. The Hall–Kier alpha value is -5.82. The van der Waals surface area contributed by atoms with Crippen molar-refractivity contribution in [3.8, 4) is 5.69 Å². The molecule has 10 rings (SSSR count). The van der Waals surface area contributed by atoms with Crippen LogP contribution in [0.1, 0.15) is 101 Å². The number of carbonyl (C=O) groups excluding carboxylic acids is 1. The van der Waals surface area contributed by atoms with Crippen LogP contribution in [0.2, 0.25) is 0 Å². The summed E-state index contributed by atoms with van der Waals surface area (Å²) in [6, 6.07) is 21.6. The molecule has 3 aromatic carbocycles. The van der Waals surface area contributed by atoms with Gasteiger partial charge in [-0.05, 0) is 111 Å². The van der Waals surface area contributed by atoms with Gasteiger partial charge in [0.2, 0.25) is 5.95 Å². The van der Waals surface area contributed by atoms with Crippen LogP contribution in [0.25, 0.3) is 16.6 Å². The smallest absolute Gasteiger partial charge is 0.381 e. The number of aryl methyl sites for hydroxylation is 2. The van der Waals surface area contributed by atoms with Gasteiger partial charge in [0.1, 0.15) is 17.1 Å². The molecule has 1 saturated carbocycles. The second-order valence-corrected chi connectivity index (χ2v) is 16.8. The zero-order valence-corrected chi connectivity index (χ0v) is 33.1. The summed E-state index contributed by atoms with van der Waals surface area (Å²) in [7, 11) is 0. The molecule has 58 heavy (non-hydrogen) atoms. The number of aromatic nitrogens is 5. The summed E-state index contributed by atoms with van der Waals surface area (Å²) in [6.45, 7) is 10.5. The van der Waals surface area contributed by atoms with E-state index in [1.165, 1.54) is 11.1 Å². The number of H-pyrrole nitrogens is 1. The summed E-state index contributed by atoms with van der Waals surface area (Å²) < 4.78 is 29.3. The first kappa shape index (κ1) is 36.5. The lowest BCUT2D eigenvalue weighted by Crippen LogP contribution is -2.50. The minimum absolute atomic E-state index is 0.0581. The lowest BCUT2D eigenvalue weighted by molar-refractivity contribution is 0.0658. The zero-order valence-electron chi connectivity index (χ0n) is 33.1. The van der Waals surface area contributed by atoms with Crippen LogP contribution in [0.15, 0.2) is 80.8 Å². The average molecular weight is 784 g/mol. The number of nitrogens with zero attached hydrogens (tertiary/aromatic N) is 6. The Balaban J connectivity index is 1.07. The van der Waals surface area contributed by atoms with E-state index in [0.29, 0.717) is 83.9 Å². The Morgan fingerprint density at radius 1 is 0.931 bits per heavy atom. The highest BCUT2D eigenvalue weighted by Crippen LogP contribution is 2.56. The van der Waals surface area contributed by atoms with Gasteiger partial charge in [-0.1, -0.05) is 48.5 Å². The van der Waals surface area contributed by atoms with Crippen molar-refractivity contribution in [1.82, 2.24) is 29.2 Å². The molecule has 12 nitrogen and oxygen atoms in total. The number of carbonyl (C=O) groups is 1. The van der Waals surface area contributed by atoms with Crippen LogP contribution in [0, 0.1) is 25.6 Å². The summed E-state index contributed by atoms with van der Waals surface area (Å²) in [5, 5.41) is 5.09. The van der Waals surface area contributed by atoms with E-state index >= 15 is 4.79 Å². The molecule has 0 radical (unpaired) electrons. The number of hydrogen-bond acceptors (Lipinski definition) is 8. The maximum absolute atomic E-state index is 15.2. The Bertz CT molecular complexity index is 2700. The van der Waals surface area contributed by atoms with E-state index in [1.807, 2.05) is 36.1 Å². The van der Waals surface area contributed by atoms with Gasteiger partial charge in [-0.3, -0.25) is 19.1 Å². The van der Waals surface area contributed by atoms with Gasteiger partial charge in [-0.25, -0.2) is 18.7 Å². The van der Waals surface area contributed by atoms with Gasteiger partial charge in [-0.2, -0.15) is 0 Å². The number of rotatable bonds is 7. The first-order chi connectivity index (χ1) is 28.0. The molecule has 3 aromatic heterocycles. The predicted octanol–water partition coefficient (Wildman–Crippen LogP) is 6.66. The summed E-state index contributed by atoms with van der Waals surface area (Å²) in [5.74, 6) is 0.425. The van der Waals surface area contributed by atoms with Gasteiger partial charge >= 0.3 is 5.76 Å². The molecule has 1 N–H and O–H groups in total. The van der Waals surface area contributed by atoms with E-state index < -0.39 is 17.3 Å². The third-order valence-corrected chi connectivity index (χ3v) is 13.3. The molecule has 4 aliphatic rings. The fraction of sp³-hybridized carbons (Fsp3) is 0.400. The van der Waals surface area contributed by atoms with Crippen molar-refractivity contribution in [2.75, 3.05) is 37.7 Å². The van der Waals surface area contributed by atoms with E-state index in [9.17, 15) is 14.0 Å². The van der Waals surface area contributed by atoms with E-state index in [2.05, 4.69) is 56.9 Å². The lowest BCUT2D eigenvalue weighted by atomic mass is 9.91. The maximum Gasteiger partial charge on any atom is 0.438 e. The van der Waals surface area contributed by atoms with Crippen LogP contribution in [-0.4, -0.2) is 67.9 Å². The van der Waals surface area contributed by atoms with Gasteiger partial charge in [-0.15, -0.1) is 0 Å². The van der Waals surface area contributed by atoms with Crippen molar-refractivity contribution in [3.63, 3.8) is 0 Å². The zero-order chi connectivity index (χ0) is 40.0. The first-order valence-electron chi connectivity index (χ1n) is 20.4. The molecule has 2 saturated heterocycles. The fourth-order valence-corrected chi connectivity index (χ4v) is 9.89. The van der Waals surface area contributed by atoms with Crippen LogP contribution < -0.4 is 16.2 Å². The Labute approximate surface area is 334 Å². The van der Waals surface area contributed by atoms with Crippen LogP contribution in [0.5, 0.6) is 0 Å². The molecule has 0 bridgehead atoms. The van der Waals surface area contributed by atoms with Gasteiger partial charge in [0.25, 0.3) is 11.5 Å². The third-order valence-electron chi connectivity index (χ3n) is 13.3. The van der Waals surface area contributed by atoms with E-state index in [-0.39, 0.29) is 29.1 Å². The minimum atomic E-state index is -0.784. The summed E-state index contributed by atoms with van der Waals surface area (Å²) >= 11 is 0.